The Balaban J connectivity index is 2.97. The largest absolute Gasteiger partial charge is 0.333 e. The first-order chi connectivity index (χ1) is 4.66. The minimum absolute atomic E-state index is 0.121. The molecule has 0 saturated carbocycles. The first-order valence-corrected chi connectivity index (χ1v) is 3.04. The monoisotopic (exact) mass is 136 g/mol. The van der Waals surface area contributed by atoms with Crippen molar-refractivity contribution in [1.82, 2.24) is 5.32 Å². The molecule has 0 bridgehead atoms. The number of carbonyl (C=O) groups excluding carboxylic acids is 1. The van der Waals surface area contributed by atoms with Gasteiger partial charge in [0.25, 0.3) is 0 Å². The van der Waals surface area contributed by atoms with E-state index in [4.69, 9.17) is 5.26 Å². The molecule has 1 rings (SSSR count). The highest BCUT2D eigenvalue weighted by molar-refractivity contribution is 5.97. The molecule has 0 radical (unpaired) electrons. The molecule has 0 aromatic carbocycles. The average Bonchev–Trinajstić information content (AvgIpc) is 2.17. The molecule has 1 unspecified atom stereocenters. The number of rotatable bonds is 0. The lowest BCUT2D eigenvalue weighted by Gasteiger charge is -1.98. The summed E-state index contributed by atoms with van der Waals surface area (Å²) in [6.45, 7) is 3.52. The second-order valence-corrected chi connectivity index (χ2v) is 2.34. The first kappa shape index (κ1) is 6.81. The zero-order valence-electron chi connectivity index (χ0n) is 5.93. The third-order valence-electron chi connectivity index (χ3n) is 1.77. The van der Waals surface area contributed by atoms with Crippen molar-refractivity contribution in [3.63, 3.8) is 0 Å². The first-order valence-electron chi connectivity index (χ1n) is 3.04. The lowest BCUT2D eigenvalue weighted by molar-refractivity contribution is -0.116. The molecule has 0 aliphatic carbocycles. The summed E-state index contributed by atoms with van der Waals surface area (Å²) in [5, 5.41) is 11.0. The van der Waals surface area contributed by atoms with Gasteiger partial charge in [-0.1, -0.05) is 0 Å². The Morgan fingerprint density at radius 2 is 2.20 bits per heavy atom. The molecule has 10 heavy (non-hydrogen) atoms. The van der Waals surface area contributed by atoms with E-state index in [0.717, 1.165) is 5.57 Å². The van der Waals surface area contributed by atoms with Gasteiger partial charge < -0.3 is 5.32 Å². The molecule has 52 valence electrons. The van der Waals surface area contributed by atoms with E-state index in [2.05, 4.69) is 5.32 Å². The van der Waals surface area contributed by atoms with Crippen molar-refractivity contribution in [2.75, 3.05) is 0 Å². The van der Waals surface area contributed by atoms with Gasteiger partial charge in [-0.15, -0.1) is 0 Å². The van der Waals surface area contributed by atoms with Gasteiger partial charge in [-0.3, -0.25) is 4.79 Å². The normalized spacial score (nSPS) is 24.5. The molecular formula is C7H8N2O. The zero-order chi connectivity index (χ0) is 7.72. The highest BCUT2D eigenvalue weighted by atomic mass is 16.2. The van der Waals surface area contributed by atoms with Crippen molar-refractivity contribution in [1.29, 1.82) is 5.26 Å². The van der Waals surface area contributed by atoms with Gasteiger partial charge in [-0.05, 0) is 19.4 Å². The number of nitriles is 1. The summed E-state index contributed by atoms with van der Waals surface area (Å²) in [6.07, 6.45) is 0. The molecule has 3 heteroatoms. The van der Waals surface area contributed by atoms with Gasteiger partial charge in [0.05, 0.1) is 6.07 Å². The lowest BCUT2D eigenvalue weighted by atomic mass is 10.1. The van der Waals surface area contributed by atoms with Gasteiger partial charge in [0.1, 0.15) is 6.04 Å². The molecule has 1 atom stereocenters. The van der Waals surface area contributed by atoms with Gasteiger partial charge in [0.2, 0.25) is 5.91 Å². The Bertz CT molecular complexity index is 247. The summed E-state index contributed by atoms with van der Waals surface area (Å²) in [5.74, 6) is -0.121. The standard InChI is InChI=1S/C7H8N2O/c1-4-5(2)7(10)9-6(4)3-8/h6H,1-2H3,(H,9,10). The third kappa shape index (κ3) is 0.781. The van der Waals surface area contributed by atoms with Crippen LogP contribution < -0.4 is 5.32 Å². The zero-order valence-corrected chi connectivity index (χ0v) is 5.93. The summed E-state index contributed by atoms with van der Waals surface area (Å²) >= 11 is 0. The quantitative estimate of drug-likeness (QED) is 0.522. The maximum atomic E-state index is 10.8. The van der Waals surface area contributed by atoms with Gasteiger partial charge in [-0.2, -0.15) is 5.26 Å². The van der Waals surface area contributed by atoms with E-state index in [9.17, 15) is 4.79 Å². The molecule has 0 aromatic rings. The van der Waals surface area contributed by atoms with E-state index in [1.54, 1.807) is 13.8 Å². The number of nitrogens with one attached hydrogen (secondary N) is 1. The maximum Gasteiger partial charge on any atom is 0.248 e. The van der Waals surface area contributed by atoms with Crippen molar-refractivity contribution in [3.05, 3.63) is 11.1 Å². The van der Waals surface area contributed by atoms with Gasteiger partial charge in [-0.25, -0.2) is 0 Å². The van der Waals surface area contributed by atoms with Gasteiger partial charge >= 0.3 is 0 Å². The fourth-order valence-corrected chi connectivity index (χ4v) is 0.872. The van der Waals surface area contributed by atoms with E-state index in [1.165, 1.54) is 0 Å². The second kappa shape index (κ2) is 2.14. The Morgan fingerprint density at radius 3 is 2.40 bits per heavy atom. The van der Waals surface area contributed by atoms with E-state index in [0.29, 0.717) is 5.57 Å². The molecule has 0 fully saturated rings. The van der Waals surface area contributed by atoms with Crippen LogP contribution in [0.2, 0.25) is 0 Å². The van der Waals surface area contributed by atoms with Crippen molar-refractivity contribution < 1.29 is 4.79 Å². The minimum atomic E-state index is -0.396. The fraction of sp³-hybridized carbons (Fsp3) is 0.429. The molecule has 0 spiro atoms. The predicted octanol–water partition coefficient (Wildman–Crippen LogP) is 0.345. The van der Waals surface area contributed by atoms with E-state index in [-0.39, 0.29) is 5.91 Å². The highest BCUT2D eigenvalue weighted by Gasteiger charge is 2.24. The van der Waals surface area contributed by atoms with Crippen LogP contribution in [-0.4, -0.2) is 11.9 Å². The maximum absolute atomic E-state index is 10.8. The summed E-state index contributed by atoms with van der Waals surface area (Å²) in [4.78, 5) is 10.8. The van der Waals surface area contributed by atoms with Crippen molar-refractivity contribution in [2.45, 2.75) is 19.9 Å². The van der Waals surface area contributed by atoms with Gasteiger partial charge in [0.15, 0.2) is 0 Å². The molecule has 0 aromatic heterocycles. The Kier molecular flexibility index (Phi) is 1.46. The van der Waals surface area contributed by atoms with Crippen LogP contribution >= 0.6 is 0 Å². The molecular weight excluding hydrogens is 128 g/mol. The van der Waals surface area contributed by atoms with E-state index in [1.807, 2.05) is 6.07 Å². The summed E-state index contributed by atoms with van der Waals surface area (Å²) in [6, 6.07) is 1.59. The summed E-state index contributed by atoms with van der Waals surface area (Å²) < 4.78 is 0. The summed E-state index contributed by atoms with van der Waals surface area (Å²) in [7, 11) is 0. The fourth-order valence-electron chi connectivity index (χ4n) is 0.872. The SMILES string of the molecule is CC1=C(C)C(C#N)NC1=O. The van der Waals surface area contributed by atoms with Crippen LogP contribution in [0.15, 0.2) is 11.1 Å². The van der Waals surface area contributed by atoms with E-state index >= 15 is 0 Å². The van der Waals surface area contributed by atoms with Crippen LogP contribution in [0.4, 0.5) is 0 Å². The molecule has 1 heterocycles. The van der Waals surface area contributed by atoms with Crippen LogP contribution in [0.25, 0.3) is 0 Å². The minimum Gasteiger partial charge on any atom is -0.333 e. The molecule has 0 saturated heterocycles. The number of amides is 1. The molecule has 1 aliphatic heterocycles. The number of carbonyl (C=O) groups is 1. The smallest absolute Gasteiger partial charge is 0.248 e. The number of nitrogens with zero attached hydrogens (tertiary/aromatic N) is 1. The molecule has 1 N–H and O–H groups in total. The van der Waals surface area contributed by atoms with Crippen LogP contribution in [0.5, 0.6) is 0 Å². The number of hydrogen-bond donors (Lipinski definition) is 1. The Hall–Kier alpha value is -1.30. The van der Waals surface area contributed by atoms with Crippen molar-refractivity contribution in [2.24, 2.45) is 0 Å². The number of hydrogen-bond acceptors (Lipinski definition) is 2. The van der Waals surface area contributed by atoms with Crippen LogP contribution in [0, 0.1) is 11.3 Å². The summed E-state index contributed by atoms with van der Waals surface area (Å²) in [5.41, 5.74) is 1.51. The average molecular weight is 136 g/mol. The van der Waals surface area contributed by atoms with Gasteiger partial charge in [0, 0.05) is 5.57 Å². The lowest BCUT2D eigenvalue weighted by Crippen LogP contribution is -2.26. The highest BCUT2D eigenvalue weighted by Crippen LogP contribution is 2.14. The van der Waals surface area contributed by atoms with Crippen LogP contribution in [-0.2, 0) is 4.79 Å². The Labute approximate surface area is 59.3 Å². The Morgan fingerprint density at radius 1 is 1.60 bits per heavy atom. The van der Waals surface area contributed by atoms with Crippen LogP contribution in [0.1, 0.15) is 13.8 Å². The topological polar surface area (TPSA) is 52.9 Å². The predicted molar refractivity (Wildman–Crippen MR) is 35.9 cm³/mol. The molecule has 3 nitrogen and oxygen atoms in total. The molecule has 1 amide bonds. The third-order valence-corrected chi connectivity index (χ3v) is 1.77. The van der Waals surface area contributed by atoms with E-state index < -0.39 is 6.04 Å². The van der Waals surface area contributed by atoms with Crippen molar-refractivity contribution in [3.8, 4) is 6.07 Å². The van der Waals surface area contributed by atoms with Crippen LogP contribution in [0.3, 0.4) is 0 Å². The molecule has 1 aliphatic rings. The second-order valence-electron chi connectivity index (χ2n) is 2.34. The van der Waals surface area contributed by atoms with Crippen molar-refractivity contribution >= 4 is 5.91 Å².